The number of nitrogens with one attached hydrogen (secondary N) is 1. The number of carbonyl (C=O) groups excluding carboxylic acids is 2. The largest absolute Gasteiger partial charge is 0.408 e. The van der Waals surface area contributed by atoms with E-state index < -0.39 is 12.2 Å². The molecule has 0 aliphatic carbocycles. The monoisotopic (exact) mass is 480 g/mol. The van der Waals surface area contributed by atoms with Crippen molar-refractivity contribution in [2.45, 2.75) is 62.4 Å². The van der Waals surface area contributed by atoms with Gasteiger partial charge in [-0.05, 0) is 55.7 Å². The first kappa shape index (κ1) is 23.3. The van der Waals surface area contributed by atoms with E-state index in [1.165, 1.54) is 4.90 Å². The number of urea groups is 1. The Hall–Kier alpha value is -2.49. The summed E-state index contributed by atoms with van der Waals surface area (Å²) in [6.07, 6.45) is -1.18. The molecule has 186 valence electrons. The number of halogens is 3. The van der Waals surface area contributed by atoms with E-state index in [4.69, 9.17) is 4.74 Å². The first-order valence-corrected chi connectivity index (χ1v) is 12.2. The van der Waals surface area contributed by atoms with E-state index in [0.717, 1.165) is 18.4 Å². The highest BCUT2D eigenvalue weighted by atomic mass is 19.4. The van der Waals surface area contributed by atoms with E-state index in [9.17, 15) is 22.8 Å². The maximum absolute atomic E-state index is 13.3. The standard InChI is InChI=1S/C24H31F3N4O3/c25-24(26,27)21-2-1-10-31(21)18-5-3-16(4-6-18)17-7-11-29(12-8-17)23(33)30-13-9-20-19(14-30)28-22(32)15-34-20/h3-6,17,19-21H,1-2,7-15H2,(H,28,32)/t19-,20?,21?/m1/s1. The summed E-state index contributed by atoms with van der Waals surface area (Å²) in [5, 5.41) is 2.93. The molecule has 3 amide bonds. The van der Waals surface area contributed by atoms with E-state index in [1.807, 2.05) is 29.2 Å². The third kappa shape index (κ3) is 4.69. The molecular formula is C24H31F3N4O3. The van der Waals surface area contributed by atoms with E-state index in [-0.39, 0.29) is 43.0 Å². The van der Waals surface area contributed by atoms with Crippen LogP contribution in [0.4, 0.5) is 23.7 Å². The van der Waals surface area contributed by atoms with Gasteiger partial charge in [-0.15, -0.1) is 0 Å². The molecule has 0 saturated carbocycles. The molecule has 4 heterocycles. The van der Waals surface area contributed by atoms with Crippen molar-refractivity contribution in [1.29, 1.82) is 0 Å². The summed E-state index contributed by atoms with van der Waals surface area (Å²) in [5.41, 5.74) is 1.74. The van der Waals surface area contributed by atoms with Crippen LogP contribution in [-0.4, -0.2) is 85.4 Å². The molecule has 4 aliphatic rings. The number of ether oxygens (including phenoxy) is 1. The summed E-state index contributed by atoms with van der Waals surface area (Å²) in [7, 11) is 0. The van der Waals surface area contributed by atoms with Gasteiger partial charge >= 0.3 is 12.2 Å². The minimum atomic E-state index is -4.21. The number of amides is 3. The van der Waals surface area contributed by atoms with E-state index in [0.29, 0.717) is 51.3 Å². The molecule has 4 fully saturated rings. The van der Waals surface area contributed by atoms with Gasteiger partial charge in [0, 0.05) is 38.4 Å². The second kappa shape index (κ2) is 9.28. The van der Waals surface area contributed by atoms with Gasteiger partial charge in [-0.2, -0.15) is 13.2 Å². The summed E-state index contributed by atoms with van der Waals surface area (Å²) < 4.78 is 45.5. The molecule has 7 nitrogen and oxygen atoms in total. The number of alkyl halides is 3. The second-order valence-electron chi connectivity index (χ2n) is 9.79. The molecule has 0 aromatic heterocycles. The van der Waals surface area contributed by atoms with Crippen LogP contribution in [0.1, 0.15) is 43.6 Å². The summed E-state index contributed by atoms with van der Waals surface area (Å²) in [6.45, 7) is 2.88. The zero-order valence-electron chi connectivity index (χ0n) is 19.1. The van der Waals surface area contributed by atoms with Crippen LogP contribution in [0.3, 0.4) is 0 Å². The van der Waals surface area contributed by atoms with Crippen molar-refractivity contribution in [2.24, 2.45) is 0 Å². The molecule has 0 bridgehead atoms. The van der Waals surface area contributed by atoms with E-state index in [2.05, 4.69) is 5.32 Å². The van der Waals surface area contributed by atoms with Crippen molar-refractivity contribution in [2.75, 3.05) is 44.2 Å². The maximum Gasteiger partial charge on any atom is 0.408 e. The van der Waals surface area contributed by atoms with Gasteiger partial charge in [0.15, 0.2) is 0 Å². The lowest BCUT2D eigenvalue weighted by molar-refractivity contribution is -0.146. The summed E-state index contributed by atoms with van der Waals surface area (Å²) >= 11 is 0. The first-order chi connectivity index (χ1) is 16.3. The third-order valence-electron chi connectivity index (χ3n) is 7.69. The number of carbonyl (C=O) groups is 2. The lowest BCUT2D eigenvalue weighted by atomic mass is 9.89. The van der Waals surface area contributed by atoms with Gasteiger partial charge in [-0.25, -0.2) is 4.79 Å². The Labute approximate surface area is 197 Å². The molecule has 0 radical (unpaired) electrons. The highest BCUT2D eigenvalue weighted by Crippen LogP contribution is 2.37. The number of benzene rings is 1. The Morgan fingerprint density at radius 1 is 0.971 bits per heavy atom. The molecule has 4 aliphatic heterocycles. The number of likely N-dealkylation sites (tertiary alicyclic amines) is 2. The fourth-order valence-electron chi connectivity index (χ4n) is 5.83. The van der Waals surface area contributed by atoms with E-state index >= 15 is 0 Å². The Morgan fingerprint density at radius 2 is 1.68 bits per heavy atom. The van der Waals surface area contributed by atoms with Gasteiger partial charge in [0.05, 0.1) is 12.1 Å². The number of nitrogens with zero attached hydrogens (tertiary/aromatic N) is 3. The van der Waals surface area contributed by atoms with Crippen molar-refractivity contribution < 1.29 is 27.5 Å². The minimum Gasteiger partial charge on any atom is -0.366 e. The number of hydrogen-bond acceptors (Lipinski definition) is 4. The van der Waals surface area contributed by atoms with Crippen LogP contribution < -0.4 is 10.2 Å². The Bertz CT molecular complexity index is 902. The fraction of sp³-hybridized carbons (Fsp3) is 0.667. The summed E-state index contributed by atoms with van der Waals surface area (Å²) in [6, 6.07) is 5.95. The summed E-state index contributed by atoms with van der Waals surface area (Å²) in [5.74, 6) is 0.146. The molecule has 10 heteroatoms. The van der Waals surface area contributed by atoms with Crippen LogP contribution in [0.25, 0.3) is 0 Å². The van der Waals surface area contributed by atoms with Crippen molar-refractivity contribution in [3.05, 3.63) is 29.8 Å². The number of piperidine rings is 2. The smallest absolute Gasteiger partial charge is 0.366 e. The van der Waals surface area contributed by atoms with Crippen LogP contribution >= 0.6 is 0 Å². The average Bonchev–Trinajstić information content (AvgIpc) is 3.34. The molecule has 34 heavy (non-hydrogen) atoms. The van der Waals surface area contributed by atoms with Crippen LogP contribution in [0, 0.1) is 0 Å². The van der Waals surface area contributed by atoms with Crippen LogP contribution in [0.2, 0.25) is 0 Å². The zero-order valence-corrected chi connectivity index (χ0v) is 19.1. The Kier molecular flexibility index (Phi) is 6.35. The first-order valence-electron chi connectivity index (χ1n) is 12.2. The molecule has 1 aromatic rings. The Balaban J connectivity index is 1.15. The van der Waals surface area contributed by atoms with Gasteiger partial charge in [0.1, 0.15) is 12.6 Å². The molecule has 0 spiro atoms. The van der Waals surface area contributed by atoms with Crippen LogP contribution in [0.15, 0.2) is 24.3 Å². The maximum atomic E-state index is 13.3. The predicted molar refractivity (Wildman–Crippen MR) is 120 cm³/mol. The number of fused-ring (bicyclic) bond motifs is 1. The van der Waals surface area contributed by atoms with Crippen molar-refractivity contribution in [3.8, 4) is 0 Å². The average molecular weight is 481 g/mol. The molecule has 1 aromatic carbocycles. The normalized spacial score (nSPS) is 28.6. The molecule has 1 N–H and O–H groups in total. The molecule has 5 rings (SSSR count). The minimum absolute atomic E-state index is 0.000652. The lowest BCUT2D eigenvalue weighted by Gasteiger charge is -2.43. The van der Waals surface area contributed by atoms with Crippen molar-refractivity contribution >= 4 is 17.6 Å². The number of rotatable bonds is 2. The van der Waals surface area contributed by atoms with Gasteiger partial charge in [-0.1, -0.05) is 12.1 Å². The van der Waals surface area contributed by atoms with Crippen LogP contribution in [0.5, 0.6) is 0 Å². The molecule has 3 atom stereocenters. The number of anilines is 1. The third-order valence-corrected chi connectivity index (χ3v) is 7.69. The second-order valence-corrected chi connectivity index (χ2v) is 9.79. The Morgan fingerprint density at radius 3 is 2.38 bits per heavy atom. The SMILES string of the molecule is O=C1COC2CCN(C(=O)N3CCC(c4ccc(N5CCCC5C(F)(F)F)cc4)CC3)C[C@H]2N1. The number of morpholine rings is 1. The molecular weight excluding hydrogens is 449 g/mol. The summed E-state index contributed by atoms with van der Waals surface area (Å²) in [4.78, 5) is 29.8. The van der Waals surface area contributed by atoms with Crippen molar-refractivity contribution in [1.82, 2.24) is 15.1 Å². The van der Waals surface area contributed by atoms with Gasteiger partial charge in [0.2, 0.25) is 5.91 Å². The van der Waals surface area contributed by atoms with Gasteiger partial charge in [0.25, 0.3) is 0 Å². The highest BCUT2D eigenvalue weighted by Gasteiger charge is 2.46. The predicted octanol–water partition coefficient (Wildman–Crippen LogP) is 3.11. The quantitative estimate of drug-likeness (QED) is 0.707. The number of hydrogen-bond donors (Lipinski definition) is 1. The van der Waals surface area contributed by atoms with Crippen LogP contribution in [-0.2, 0) is 9.53 Å². The highest BCUT2D eigenvalue weighted by molar-refractivity contribution is 5.79. The fourth-order valence-corrected chi connectivity index (χ4v) is 5.83. The lowest BCUT2D eigenvalue weighted by Crippen LogP contribution is -2.62. The molecule has 4 saturated heterocycles. The molecule has 2 unspecified atom stereocenters. The van der Waals surface area contributed by atoms with Gasteiger partial charge in [-0.3, -0.25) is 4.79 Å². The topological polar surface area (TPSA) is 65.1 Å². The van der Waals surface area contributed by atoms with Crippen molar-refractivity contribution in [3.63, 3.8) is 0 Å². The zero-order chi connectivity index (χ0) is 23.9. The van der Waals surface area contributed by atoms with Gasteiger partial charge < -0.3 is 24.8 Å². The van der Waals surface area contributed by atoms with E-state index in [1.54, 1.807) is 4.90 Å².